The molecule has 0 radical (unpaired) electrons. The Hall–Kier alpha value is -1.33. The number of hydrogen-bond acceptors (Lipinski definition) is 2. The molecule has 2 bridgehead atoms. The number of benzene rings is 1. The maximum Gasteiger partial charge on any atom is 0.269 e. The van der Waals surface area contributed by atoms with Crippen molar-refractivity contribution in [1.29, 1.82) is 0 Å². The minimum atomic E-state index is -0.233. The van der Waals surface area contributed by atoms with Crippen LogP contribution in [0.25, 0.3) is 0 Å². The van der Waals surface area contributed by atoms with Gasteiger partial charge in [0.2, 0.25) is 0 Å². The molecule has 1 aromatic carbocycles. The molecule has 1 amide bonds. The maximum atomic E-state index is 11.9. The van der Waals surface area contributed by atoms with Gasteiger partial charge < -0.3 is 5.32 Å². The first-order chi connectivity index (χ1) is 10.1. The monoisotopic (exact) mass is 323 g/mol. The largest absolute Gasteiger partial charge is 0.358 e. The first kappa shape index (κ1) is 14.6. The lowest BCUT2D eigenvalue weighted by Gasteiger charge is -2.24. The smallest absolute Gasteiger partial charge is 0.269 e. The van der Waals surface area contributed by atoms with Crippen LogP contribution in [0.1, 0.15) is 36.0 Å². The molecule has 0 aliphatic heterocycles. The highest BCUT2D eigenvalue weighted by atomic mass is 35.5. The minimum absolute atomic E-state index is 0.233. The Bertz CT molecular complexity index is 548. The Morgan fingerprint density at radius 3 is 2.52 bits per heavy atom. The third-order valence-corrected chi connectivity index (χ3v) is 4.92. The van der Waals surface area contributed by atoms with Crippen LogP contribution in [0.2, 0.25) is 5.02 Å². The van der Waals surface area contributed by atoms with Crippen LogP contribution in [0.5, 0.6) is 0 Å². The van der Waals surface area contributed by atoms with Crippen molar-refractivity contribution in [3.05, 3.63) is 34.9 Å². The second-order valence-corrected chi connectivity index (χ2v) is 6.69. The van der Waals surface area contributed by atoms with E-state index in [1.165, 1.54) is 25.7 Å². The molecular weight excluding hydrogens is 306 g/mol. The van der Waals surface area contributed by atoms with Crippen LogP contribution in [-0.4, -0.2) is 17.1 Å². The summed E-state index contributed by atoms with van der Waals surface area (Å²) < 4.78 is 0. The molecule has 1 aromatic rings. The van der Waals surface area contributed by atoms with Gasteiger partial charge in [0.05, 0.1) is 0 Å². The van der Waals surface area contributed by atoms with Crippen LogP contribution >= 0.6 is 23.8 Å². The highest BCUT2D eigenvalue weighted by Crippen LogP contribution is 2.44. The standard InChI is InChI=1S/C15H18ClN3OS/c16-12-5-3-10(4-6-12)14(20)18-19-15(21)17-13-8-9-1-2-11(13)7-9/h3-6,9,11,13H,1-2,7-8H2,(H,18,20)(H2,17,19,21)/t9-,11-,13+/m1/s1. The van der Waals surface area contributed by atoms with E-state index < -0.39 is 0 Å². The molecule has 2 saturated carbocycles. The van der Waals surface area contributed by atoms with Crippen LogP contribution in [0, 0.1) is 11.8 Å². The number of carbonyl (C=O) groups is 1. The van der Waals surface area contributed by atoms with Crippen molar-refractivity contribution >= 4 is 34.8 Å². The molecule has 4 nitrogen and oxygen atoms in total. The highest BCUT2D eigenvalue weighted by molar-refractivity contribution is 7.80. The summed E-state index contributed by atoms with van der Waals surface area (Å²) in [7, 11) is 0. The fourth-order valence-corrected chi connectivity index (χ4v) is 3.74. The van der Waals surface area contributed by atoms with Gasteiger partial charge in [0, 0.05) is 16.6 Å². The van der Waals surface area contributed by atoms with Crippen molar-refractivity contribution in [2.45, 2.75) is 31.7 Å². The summed E-state index contributed by atoms with van der Waals surface area (Å²) in [6.07, 6.45) is 5.16. The molecule has 2 fully saturated rings. The predicted octanol–water partition coefficient (Wildman–Crippen LogP) is 2.64. The van der Waals surface area contributed by atoms with Crippen LogP contribution < -0.4 is 16.2 Å². The quantitative estimate of drug-likeness (QED) is 0.578. The SMILES string of the molecule is O=C(NNC(=S)N[C@H]1C[C@@H]2CC[C@@H]1C2)c1ccc(Cl)cc1. The van der Waals surface area contributed by atoms with E-state index in [1.807, 2.05) is 0 Å². The Kier molecular flexibility index (Phi) is 4.31. The van der Waals surface area contributed by atoms with E-state index in [9.17, 15) is 4.79 Å². The zero-order valence-corrected chi connectivity index (χ0v) is 13.1. The summed E-state index contributed by atoms with van der Waals surface area (Å²) in [6, 6.07) is 7.17. The molecule has 6 heteroatoms. The molecule has 0 spiro atoms. The van der Waals surface area contributed by atoms with Gasteiger partial charge in [0.1, 0.15) is 0 Å². The van der Waals surface area contributed by atoms with Crippen molar-refractivity contribution in [1.82, 2.24) is 16.2 Å². The van der Waals surface area contributed by atoms with Gasteiger partial charge in [-0.2, -0.15) is 0 Å². The number of hydrogen-bond donors (Lipinski definition) is 3. The molecular formula is C15H18ClN3OS. The first-order valence-electron chi connectivity index (χ1n) is 7.24. The number of thiocarbonyl (C=S) groups is 1. The number of rotatable bonds is 2. The maximum absolute atomic E-state index is 11.9. The number of fused-ring (bicyclic) bond motifs is 2. The number of amides is 1. The van der Waals surface area contributed by atoms with E-state index in [0.717, 1.165) is 11.8 Å². The molecule has 112 valence electrons. The summed E-state index contributed by atoms with van der Waals surface area (Å²) in [5, 5.41) is 4.40. The number of nitrogens with one attached hydrogen (secondary N) is 3. The van der Waals surface area contributed by atoms with E-state index in [1.54, 1.807) is 24.3 Å². The van der Waals surface area contributed by atoms with Crippen molar-refractivity contribution in [2.24, 2.45) is 11.8 Å². The Morgan fingerprint density at radius 2 is 1.90 bits per heavy atom. The molecule has 0 saturated heterocycles. The first-order valence-corrected chi connectivity index (χ1v) is 8.03. The third kappa shape index (κ3) is 3.47. The van der Waals surface area contributed by atoms with Crippen molar-refractivity contribution < 1.29 is 4.79 Å². The molecule has 3 N–H and O–H groups in total. The number of hydrazine groups is 1. The molecule has 0 unspecified atom stereocenters. The highest BCUT2D eigenvalue weighted by Gasteiger charge is 2.39. The van der Waals surface area contributed by atoms with Gasteiger partial charge in [-0.25, -0.2) is 0 Å². The summed E-state index contributed by atoms with van der Waals surface area (Å²) in [5.41, 5.74) is 5.91. The van der Waals surface area contributed by atoms with E-state index in [4.69, 9.17) is 23.8 Å². The third-order valence-electron chi connectivity index (χ3n) is 4.45. The fourth-order valence-electron chi connectivity index (χ4n) is 3.41. The summed E-state index contributed by atoms with van der Waals surface area (Å²) in [5.74, 6) is 1.37. The number of carbonyl (C=O) groups excluding carboxylic acids is 1. The van der Waals surface area contributed by atoms with Crippen LogP contribution in [0.3, 0.4) is 0 Å². The van der Waals surface area contributed by atoms with Crippen LogP contribution in [0.15, 0.2) is 24.3 Å². The molecule has 0 heterocycles. The average molecular weight is 324 g/mol. The zero-order chi connectivity index (χ0) is 14.8. The lowest BCUT2D eigenvalue weighted by Crippen LogP contribution is -2.50. The van der Waals surface area contributed by atoms with Gasteiger partial charge in [-0.05, 0) is 67.6 Å². The van der Waals surface area contributed by atoms with E-state index in [-0.39, 0.29) is 5.91 Å². The molecule has 21 heavy (non-hydrogen) atoms. The Labute approximate surface area is 134 Å². The molecule has 3 rings (SSSR count). The fraction of sp³-hybridized carbons (Fsp3) is 0.467. The van der Waals surface area contributed by atoms with Gasteiger partial charge >= 0.3 is 0 Å². The van der Waals surface area contributed by atoms with Gasteiger partial charge in [-0.1, -0.05) is 18.0 Å². The van der Waals surface area contributed by atoms with Gasteiger partial charge in [0.25, 0.3) is 5.91 Å². The van der Waals surface area contributed by atoms with Gasteiger partial charge in [-0.3, -0.25) is 15.6 Å². The number of halogens is 1. The topological polar surface area (TPSA) is 53.2 Å². The van der Waals surface area contributed by atoms with Gasteiger partial charge in [-0.15, -0.1) is 0 Å². The molecule has 2 aliphatic rings. The normalized spacial score (nSPS) is 26.4. The second-order valence-electron chi connectivity index (χ2n) is 5.84. The van der Waals surface area contributed by atoms with E-state index in [0.29, 0.717) is 21.7 Å². The van der Waals surface area contributed by atoms with Crippen molar-refractivity contribution in [2.75, 3.05) is 0 Å². The molecule has 2 aliphatic carbocycles. The zero-order valence-electron chi connectivity index (χ0n) is 11.6. The average Bonchev–Trinajstić information content (AvgIpc) is 3.08. The lowest BCUT2D eigenvalue weighted by molar-refractivity contribution is 0.0943. The summed E-state index contributed by atoms with van der Waals surface area (Å²) in [6.45, 7) is 0. The molecule has 3 atom stereocenters. The molecule has 0 aromatic heterocycles. The van der Waals surface area contributed by atoms with Gasteiger partial charge in [0.15, 0.2) is 5.11 Å². The lowest BCUT2D eigenvalue weighted by atomic mass is 9.96. The summed E-state index contributed by atoms with van der Waals surface area (Å²) >= 11 is 11.0. The van der Waals surface area contributed by atoms with E-state index in [2.05, 4.69) is 16.2 Å². The van der Waals surface area contributed by atoms with Crippen molar-refractivity contribution in [3.63, 3.8) is 0 Å². The predicted molar refractivity (Wildman–Crippen MR) is 87.0 cm³/mol. The van der Waals surface area contributed by atoms with Crippen LogP contribution in [-0.2, 0) is 0 Å². The Balaban J connectivity index is 1.45. The Morgan fingerprint density at radius 1 is 1.14 bits per heavy atom. The summed E-state index contributed by atoms with van der Waals surface area (Å²) in [4.78, 5) is 11.9. The van der Waals surface area contributed by atoms with E-state index >= 15 is 0 Å². The van der Waals surface area contributed by atoms with Crippen molar-refractivity contribution in [3.8, 4) is 0 Å². The minimum Gasteiger partial charge on any atom is -0.358 e. The second kappa shape index (κ2) is 6.20. The van der Waals surface area contributed by atoms with Crippen LogP contribution in [0.4, 0.5) is 0 Å².